The molecule has 0 heterocycles. The fraction of sp³-hybridized carbons (Fsp3) is 0.269. The van der Waals surface area contributed by atoms with Crippen molar-refractivity contribution in [2.24, 2.45) is 0 Å². The maximum absolute atomic E-state index is 11.1. The third-order valence-electron chi connectivity index (χ3n) is 5.08. The topological polar surface area (TPSA) is 47.6 Å². The van der Waals surface area contributed by atoms with Crippen molar-refractivity contribution in [2.45, 2.75) is 32.9 Å². The highest BCUT2D eigenvalue weighted by atomic mass is 79.9. The quantitative estimate of drug-likeness (QED) is 0.255. The Morgan fingerprint density at radius 1 is 1.03 bits per heavy atom. The number of carbonyl (C=O) groups is 1. The highest BCUT2D eigenvalue weighted by molar-refractivity contribution is 9.10. The normalized spacial score (nSPS) is 10.4. The fourth-order valence-electron chi connectivity index (χ4n) is 3.39. The van der Waals surface area contributed by atoms with Crippen LogP contribution >= 0.6 is 39.9 Å². The van der Waals surface area contributed by atoms with Crippen LogP contribution in [0.15, 0.2) is 65.1 Å². The van der Waals surface area contributed by atoms with Crippen molar-refractivity contribution in [1.82, 2.24) is 5.32 Å². The molecule has 0 saturated heterocycles. The summed E-state index contributed by atoms with van der Waals surface area (Å²) in [6.45, 7) is 3.33. The molecule has 3 aromatic rings. The number of benzene rings is 3. The Kier molecular flexibility index (Phi) is 11.2. The van der Waals surface area contributed by atoms with Crippen molar-refractivity contribution in [3.63, 3.8) is 0 Å². The van der Waals surface area contributed by atoms with E-state index in [0.29, 0.717) is 36.1 Å². The number of methoxy groups -OCH3 is 1. The molecular formula is C26H28BrCl2NO3. The standard InChI is InChI=1S/C26H27BrClNO3.ClH/c1-18(30)8-7-13-29-16-21-14-23(28)25(15-24(21)31-2)32-17-20-11-6-12-22(26(20)27)19-9-4-3-5-10-19;/h3-6,9-12,14-15,29H,7-8,13,16-17H2,1-2H3;1H. The summed E-state index contributed by atoms with van der Waals surface area (Å²) in [4.78, 5) is 11.1. The minimum Gasteiger partial charge on any atom is -0.496 e. The van der Waals surface area contributed by atoms with Crippen molar-refractivity contribution in [3.8, 4) is 22.6 Å². The molecule has 0 spiro atoms. The number of nitrogens with one attached hydrogen (secondary N) is 1. The molecule has 0 aromatic heterocycles. The summed E-state index contributed by atoms with van der Waals surface area (Å²) < 4.78 is 12.6. The first-order valence-electron chi connectivity index (χ1n) is 10.5. The maximum Gasteiger partial charge on any atom is 0.142 e. The molecule has 0 aliphatic rings. The van der Waals surface area contributed by atoms with Gasteiger partial charge in [0.25, 0.3) is 0 Å². The molecule has 33 heavy (non-hydrogen) atoms. The van der Waals surface area contributed by atoms with Gasteiger partial charge in [0.2, 0.25) is 0 Å². The van der Waals surface area contributed by atoms with Crippen LogP contribution < -0.4 is 14.8 Å². The van der Waals surface area contributed by atoms with E-state index in [1.165, 1.54) is 0 Å². The van der Waals surface area contributed by atoms with Gasteiger partial charge in [-0.05, 0) is 53.0 Å². The second-order valence-electron chi connectivity index (χ2n) is 7.51. The average Bonchev–Trinajstić information content (AvgIpc) is 2.79. The molecule has 3 aromatic carbocycles. The van der Waals surface area contributed by atoms with Gasteiger partial charge in [-0.1, -0.05) is 60.1 Å². The van der Waals surface area contributed by atoms with Gasteiger partial charge >= 0.3 is 0 Å². The Morgan fingerprint density at radius 3 is 2.48 bits per heavy atom. The Hall–Kier alpha value is -2.05. The number of hydrogen-bond acceptors (Lipinski definition) is 4. The van der Waals surface area contributed by atoms with Gasteiger partial charge in [0.1, 0.15) is 23.9 Å². The van der Waals surface area contributed by atoms with Crippen LogP contribution in [-0.4, -0.2) is 19.4 Å². The van der Waals surface area contributed by atoms with Gasteiger partial charge in [-0.15, -0.1) is 12.4 Å². The minimum absolute atomic E-state index is 0. The first-order chi connectivity index (χ1) is 15.5. The fourth-order valence-corrected chi connectivity index (χ4v) is 4.24. The summed E-state index contributed by atoms with van der Waals surface area (Å²) in [7, 11) is 1.63. The number of ketones is 1. The van der Waals surface area contributed by atoms with Crippen LogP contribution in [0, 0.1) is 0 Å². The van der Waals surface area contributed by atoms with Crippen LogP contribution in [0.4, 0.5) is 0 Å². The van der Waals surface area contributed by atoms with E-state index in [1.54, 1.807) is 14.0 Å². The first kappa shape index (κ1) is 27.2. The van der Waals surface area contributed by atoms with Gasteiger partial charge in [0.05, 0.1) is 12.1 Å². The van der Waals surface area contributed by atoms with Gasteiger partial charge < -0.3 is 19.6 Å². The summed E-state index contributed by atoms with van der Waals surface area (Å²) in [5, 5.41) is 3.86. The molecule has 0 aliphatic carbocycles. The van der Waals surface area contributed by atoms with Gasteiger partial charge in [-0.2, -0.15) is 0 Å². The number of halogens is 3. The van der Waals surface area contributed by atoms with E-state index in [0.717, 1.165) is 39.7 Å². The smallest absolute Gasteiger partial charge is 0.142 e. The zero-order valence-corrected chi connectivity index (χ0v) is 21.9. The largest absolute Gasteiger partial charge is 0.496 e. The Balaban J connectivity index is 0.00000385. The Bertz CT molecular complexity index is 1060. The lowest BCUT2D eigenvalue weighted by Gasteiger charge is -2.15. The van der Waals surface area contributed by atoms with Crippen molar-refractivity contribution >= 4 is 45.7 Å². The molecule has 0 radical (unpaired) electrons. The van der Waals surface area contributed by atoms with E-state index < -0.39 is 0 Å². The lowest BCUT2D eigenvalue weighted by Crippen LogP contribution is -2.16. The molecule has 0 fully saturated rings. The van der Waals surface area contributed by atoms with Crippen LogP contribution in [0.5, 0.6) is 11.5 Å². The molecule has 0 bridgehead atoms. The van der Waals surface area contributed by atoms with E-state index >= 15 is 0 Å². The van der Waals surface area contributed by atoms with E-state index in [4.69, 9.17) is 21.1 Å². The van der Waals surface area contributed by atoms with Crippen molar-refractivity contribution in [3.05, 3.63) is 81.3 Å². The average molecular weight is 553 g/mol. The molecule has 3 rings (SSSR count). The monoisotopic (exact) mass is 551 g/mol. The minimum atomic E-state index is 0. The van der Waals surface area contributed by atoms with Crippen LogP contribution in [0.1, 0.15) is 30.9 Å². The summed E-state index contributed by atoms with van der Waals surface area (Å²) in [5.74, 6) is 1.48. The number of ether oxygens (including phenoxy) is 2. The first-order valence-corrected chi connectivity index (χ1v) is 11.7. The summed E-state index contributed by atoms with van der Waals surface area (Å²) in [6.07, 6.45) is 1.39. The molecular weight excluding hydrogens is 525 g/mol. The summed E-state index contributed by atoms with van der Waals surface area (Å²) in [5.41, 5.74) is 4.22. The van der Waals surface area contributed by atoms with Crippen LogP contribution in [0.25, 0.3) is 11.1 Å². The predicted molar refractivity (Wildman–Crippen MR) is 141 cm³/mol. The van der Waals surface area contributed by atoms with E-state index in [9.17, 15) is 4.79 Å². The van der Waals surface area contributed by atoms with E-state index in [-0.39, 0.29) is 18.2 Å². The molecule has 0 amide bonds. The molecule has 4 nitrogen and oxygen atoms in total. The van der Waals surface area contributed by atoms with Crippen molar-refractivity contribution in [2.75, 3.05) is 13.7 Å². The van der Waals surface area contributed by atoms with Crippen LogP contribution in [0.3, 0.4) is 0 Å². The second kappa shape index (κ2) is 13.6. The van der Waals surface area contributed by atoms with Crippen LogP contribution in [-0.2, 0) is 17.9 Å². The third-order valence-corrected chi connectivity index (χ3v) is 6.31. The predicted octanol–water partition coefficient (Wildman–Crippen LogP) is 7.24. The molecule has 0 atom stereocenters. The maximum atomic E-state index is 11.1. The van der Waals surface area contributed by atoms with E-state index in [1.807, 2.05) is 42.5 Å². The van der Waals surface area contributed by atoms with Crippen LogP contribution in [0.2, 0.25) is 5.02 Å². The second-order valence-corrected chi connectivity index (χ2v) is 8.71. The number of Topliss-reactive ketones (excluding diaryl/α,β-unsaturated/α-hetero) is 1. The zero-order chi connectivity index (χ0) is 22.9. The third kappa shape index (κ3) is 7.75. The number of carbonyl (C=O) groups excluding carboxylic acids is 1. The molecule has 0 unspecified atom stereocenters. The SMILES string of the molecule is COc1cc(OCc2cccc(-c3ccccc3)c2Br)c(Cl)cc1CNCCCC(C)=O.Cl. The van der Waals surface area contributed by atoms with Gasteiger partial charge in [0, 0.05) is 34.6 Å². The van der Waals surface area contributed by atoms with Gasteiger partial charge in [-0.3, -0.25) is 0 Å². The Morgan fingerprint density at radius 2 is 1.79 bits per heavy atom. The lowest BCUT2D eigenvalue weighted by atomic mass is 10.0. The number of rotatable bonds is 11. The van der Waals surface area contributed by atoms with Crippen molar-refractivity contribution < 1.29 is 14.3 Å². The summed E-state index contributed by atoms with van der Waals surface area (Å²) >= 11 is 10.2. The molecule has 1 N–H and O–H groups in total. The van der Waals surface area contributed by atoms with E-state index in [2.05, 4.69) is 39.4 Å². The molecule has 0 saturated carbocycles. The Labute approximate surface area is 215 Å². The highest BCUT2D eigenvalue weighted by Crippen LogP contribution is 2.35. The van der Waals surface area contributed by atoms with Gasteiger partial charge in [0.15, 0.2) is 0 Å². The summed E-state index contributed by atoms with van der Waals surface area (Å²) in [6, 6.07) is 20.0. The molecule has 7 heteroatoms. The molecule has 0 aliphatic heterocycles. The van der Waals surface area contributed by atoms with Gasteiger partial charge in [-0.25, -0.2) is 0 Å². The lowest BCUT2D eigenvalue weighted by molar-refractivity contribution is -0.117. The molecule has 176 valence electrons. The number of hydrogen-bond donors (Lipinski definition) is 1. The highest BCUT2D eigenvalue weighted by Gasteiger charge is 2.13. The van der Waals surface area contributed by atoms with Crippen molar-refractivity contribution in [1.29, 1.82) is 0 Å². The zero-order valence-electron chi connectivity index (χ0n) is 18.7.